The van der Waals surface area contributed by atoms with Gasteiger partial charge in [-0.15, -0.1) is 0 Å². The minimum Gasteiger partial charge on any atom is -0.309 e. The molecule has 0 bridgehead atoms. The summed E-state index contributed by atoms with van der Waals surface area (Å²) in [6, 6.07) is 71.3. The molecule has 4 nitrogen and oxygen atoms in total. The van der Waals surface area contributed by atoms with Crippen LogP contribution in [0.2, 0.25) is 0 Å². The molecule has 9 aromatic rings. The predicted octanol–water partition coefficient (Wildman–Crippen LogP) is 14.3. The maximum Gasteiger partial charge on any atom is 0.160 e. The molecule has 0 N–H and O–H groups in total. The van der Waals surface area contributed by atoms with Crippen LogP contribution in [-0.4, -0.2) is 14.5 Å². The lowest BCUT2D eigenvalue weighted by Crippen LogP contribution is -2.14. The summed E-state index contributed by atoms with van der Waals surface area (Å²) in [6.45, 7) is 2.41. The average Bonchev–Trinajstić information content (AvgIpc) is 3.60. The van der Waals surface area contributed by atoms with Gasteiger partial charge in [0.2, 0.25) is 0 Å². The Morgan fingerprint density at radius 1 is 0.475 bits per heavy atom. The number of nitrogens with zero attached hydrogens (tertiary/aromatic N) is 4. The maximum absolute atomic E-state index is 5.11. The molecule has 2 atom stereocenters. The zero-order valence-electron chi connectivity index (χ0n) is 32.7. The Labute approximate surface area is 345 Å². The molecule has 0 amide bonds. The lowest BCUT2D eigenvalue weighted by molar-refractivity contribution is 0.669. The van der Waals surface area contributed by atoms with Crippen molar-refractivity contribution in [1.82, 2.24) is 14.5 Å². The molecule has 0 spiro atoms. The Kier molecular flexibility index (Phi) is 8.48. The highest BCUT2D eigenvalue weighted by molar-refractivity contribution is 6.04. The van der Waals surface area contributed by atoms with Crippen LogP contribution in [0.3, 0.4) is 0 Å². The topological polar surface area (TPSA) is 34.0 Å². The summed E-state index contributed by atoms with van der Waals surface area (Å²) in [5.41, 5.74) is 18.4. The van der Waals surface area contributed by atoms with Crippen molar-refractivity contribution in [2.45, 2.75) is 18.8 Å². The van der Waals surface area contributed by atoms with E-state index >= 15 is 0 Å². The Bertz CT molecular complexity index is 2930. The molecule has 1 aliphatic heterocycles. The van der Waals surface area contributed by atoms with Crippen molar-refractivity contribution in [3.05, 3.63) is 223 Å². The minimum atomic E-state index is 0.160. The van der Waals surface area contributed by atoms with E-state index in [4.69, 9.17) is 9.97 Å². The number of fused-ring (bicyclic) bond motifs is 7. The first-order chi connectivity index (χ1) is 29.2. The summed E-state index contributed by atoms with van der Waals surface area (Å²) in [5, 5.41) is 0. The fourth-order valence-electron chi connectivity index (χ4n) is 9.23. The normalized spacial score (nSPS) is 15.1. The van der Waals surface area contributed by atoms with Gasteiger partial charge in [-0.3, -0.25) is 0 Å². The Hall–Kier alpha value is -7.56. The minimum absolute atomic E-state index is 0.160. The molecule has 2 aliphatic rings. The van der Waals surface area contributed by atoms with E-state index in [1.165, 1.54) is 44.9 Å². The van der Waals surface area contributed by atoms with Gasteiger partial charge in [0.1, 0.15) is 0 Å². The van der Waals surface area contributed by atoms with Crippen LogP contribution >= 0.6 is 0 Å². The third-order valence-corrected chi connectivity index (χ3v) is 12.0. The van der Waals surface area contributed by atoms with E-state index in [1.807, 2.05) is 24.3 Å². The summed E-state index contributed by atoms with van der Waals surface area (Å²) in [5.74, 6) is 1.06. The standard InChI is InChI=1S/C55H40N4/c1-37-44(38-30-32-40(33-31-38)48-36-47(39-18-6-2-7-19-39)56-55(57-48)41-20-8-3-9-21-41)34-35-51-52(37)53-45-26-14-16-28-49(45)58(42-22-10-4-11-23-42)50-29-17-15-27-46(50)54(53)59(51)43-24-12-5-13-25-43/h2-37,44H,1H3. The van der Waals surface area contributed by atoms with Gasteiger partial charge in [0.15, 0.2) is 5.82 Å². The SMILES string of the molecule is CC1c2c3c(n(-c4ccccc4)c2C=CC1c1ccc(-c2cc(-c4ccccc4)nc(-c4ccccc4)n2)cc1)-c1ccccc1N(c1ccccc1)c1ccccc1-3. The number of para-hydroxylation sites is 4. The van der Waals surface area contributed by atoms with Gasteiger partial charge in [-0.05, 0) is 65.6 Å². The third kappa shape index (κ3) is 5.92. The summed E-state index contributed by atoms with van der Waals surface area (Å²) < 4.78 is 2.50. The van der Waals surface area contributed by atoms with Gasteiger partial charge >= 0.3 is 0 Å². The molecule has 3 heterocycles. The van der Waals surface area contributed by atoms with E-state index in [0.717, 1.165) is 51.0 Å². The fourth-order valence-corrected chi connectivity index (χ4v) is 9.23. The van der Waals surface area contributed by atoms with Crippen molar-refractivity contribution < 1.29 is 0 Å². The van der Waals surface area contributed by atoms with Gasteiger partial charge in [-0.1, -0.05) is 171 Å². The molecule has 4 heteroatoms. The predicted molar refractivity (Wildman–Crippen MR) is 243 cm³/mol. The number of aromatic nitrogens is 3. The number of hydrogen-bond donors (Lipinski definition) is 0. The lowest BCUT2D eigenvalue weighted by atomic mass is 9.76. The van der Waals surface area contributed by atoms with Crippen LogP contribution in [-0.2, 0) is 0 Å². The Balaban J connectivity index is 1.06. The molecule has 59 heavy (non-hydrogen) atoms. The molecule has 2 aromatic heterocycles. The van der Waals surface area contributed by atoms with Crippen LogP contribution < -0.4 is 4.90 Å². The number of rotatable bonds is 6. The van der Waals surface area contributed by atoms with E-state index in [-0.39, 0.29) is 11.8 Å². The highest BCUT2D eigenvalue weighted by Crippen LogP contribution is 2.57. The zero-order chi connectivity index (χ0) is 39.3. The molecule has 0 fully saturated rings. The molecule has 7 aromatic carbocycles. The van der Waals surface area contributed by atoms with Gasteiger partial charge in [0.05, 0.1) is 34.2 Å². The van der Waals surface area contributed by atoms with Crippen LogP contribution in [0.5, 0.6) is 0 Å². The quantitative estimate of drug-likeness (QED) is 0.169. The highest BCUT2D eigenvalue weighted by atomic mass is 15.2. The van der Waals surface area contributed by atoms with Crippen molar-refractivity contribution in [3.8, 4) is 62.0 Å². The molecule has 0 saturated heterocycles. The van der Waals surface area contributed by atoms with E-state index in [2.05, 4.69) is 204 Å². The van der Waals surface area contributed by atoms with E-state index in [9.17, 15) is 0 Å². The first-order valence-corrected chi connectivity index (χ1v) is 20.4. The number of benzene rings is 7. The Morgan fingerprint density at radius 2 is 0.983 bits per heavy atom. The van der Waals surface area contributed by atoms with Crippen molar-refractivity contribution in [3.63, 3.8) is 0 Å². The van der Waals surface area contributed by atoms with Gasteiger partial charge in [-0.2, -0.15) is 0 Å². The van der Waals surface area contributed by atoms with Crippen LogP contribution in [0.25, 0.3) is 68.1 Å². The van der Waals surface area contributed by atoms with Gasteiger partial charge < -0.3 is 9.47 Å². The first-order valence-electron chi connectivity index (χ1n) is 20.4. The summed E-state index contributed by atoms with van der Waals surface area (Å²) in [7, 11) is 0. The van der Waals surface area contributed by atoms with E-state index in [0.29, 0.717) is 0 Å². The van der Waals surface area contributed by atoms with Crippen LogP contribution in [0.4, 0.5) is 17.1 Å². The van der Waals surface area contributed by atoms with Crippen LogP contribution in [0.15, 0.2) is 206 Å². The van der Waals surface area contributed by atoms with Crippen molar-refractivity contribution >= 4 is 23.1 Å². The molecule has 1 aliphatic carbocycles. The summed E-state index contributed by atoms with van der Waals surface area (Å²) in [6.07, 6.45) is 4.79. The van der Waals surface area contributed by atoms with E-state index in [1.54, 1.807) is 0 Å². The number of hydrogen-bond acceptors (Lipinski definition) is 3. The number of anilines is 3. The maximum atomic E-state index is 5.11. The third-order valence-electron chi connectivity index (χ3n) is 12.0. The fraction of sp³-hybridized carbons (Fsp3) is 0.0545. The van der Waals surface area contributed by atoms with Gasteiger partial charge in [0, 0.05) is 50.7 Å². The lowest BCUT2D eigenvalue weighted by Gasteiger charge is -2.30. The molecule has 0 saturated carbocycles. The van der Waals surface area contributed by atoms with Crippen molar-refractivity contribution in [2.24, 2.45) is 0 Å². The molecular weight excluding hydrogens is 717 g/mol. The molecular formula is C55H40N4. The average molecular weight is 757 g/mol. The molecule has 11 rings (SSSR count). The highest BCUT2D eigenvalue weighted by Gasteiger charge is 2.37. The molecule has 280 valence electrons. The first kappa shape index (κ1) is 34.7. The van der Waals surface area contributed by atoms with Crippen LogP contribution in [0, 0.1) is 0 Å². The summed E-state index contributed by atoms with van der Waals surface area (Å²) in [4.78, 5) is 12.6. The number of allylic oxidation sites excluding steroid dienone is 1. The molecule has 0 radical (unpaired) electrons. The molecule has 2 unspecified atom stereocenters. The summed E-state index contributed by atoms with van der Waals surface area (Å²) >= 11 is 0. The van der Waals surface area contributed by atoms with Gasteiger partial charge in [0.25, 0.3) is 0 Å². The van der Waals surface area contributed by atoms with Crippen molar-refractivity contribution in [2.75, 3.05) is 4.90 Å². The largest absolute Gasteiger partial charge is 0.309 e. The van der Waals surface area contributed by atoms with Gasteiger partial charge in [-0.25, -0.2) is 9.97 Å². The van der Waals surface area contributed by atoms with Crippen molar-refractivity contribution in [1.29, 1.82) is 0 Å². The smallest absolute Gasteiger partial charge is 0.160 e. The monoisotopic (exact) mass is 756 g/mol. The second kappa shape index (κ2) is 14.4. The zero-order valence-corrected chi connectivity index (χ0v) is 32.7. The Morgan fingerprint density at radius 3 is 1.63 bits per heavy atom. The second-order valence-corrected chi connectivity index (χ2v) is 15.4. The second-order valence-electron chi connectivity index (χ2n) is 15.4. The van der Waals surface area contributed by atoms with E-state index < -0.39 is 0 Å². The van der Waals surface area contributed by atoms with Crippen LogP contribution in [0.1, 0.15) is 35.6 Å².